The van der Waals surface area contributed by atoms with E-state index in [1.54, 1.807) is 0 Å². The molecule has 0 atom stereocenters. The van der Waals surface area contributed by atoms with Crippen LogP contribution in [0.1, 0.15) is 56.0 Å². The molecule has 8 heteroatoms. The van der Waals surface area contributed by atoms with Gasteiger partial charge in [0.05, 0.1) is 24.4 Å². The van der Waals surface area contributed by atoms with Crippen LogP contribution in [-0.4, -0.2) is 45.8 Å². The summed E-state index contributed by atoms with van der Waals surface area (Å²) in [6.45, 7) is 2.58. The van der Waals surface area contributed by atoms with E-state index < -0.39 is 6.43 Å². The molecule has 158 valence electrons. The highest BCUT2D eigenvalue weighted by Crippen LogP contribution is 2.34. The Morgan fingerprint density at radius 1 is 0.933 bits per heavy atom. The molecule has 3 aromatic rings. The summed E-state index contributed by atoms with van der Waals surface area (Å²) in [6.07, 6.45) is 2.95. The van der Waals surface area contributed by atoms with Crippen LogP contribution < -0.4 is 4.90 Å². The topological polar surface area (TPSA) is 56.1 Å². The summed E-state index contributed by atoms with van der Waals surface area (Å²) in [6, 6.07) is 8.89. The van der Waals surface area contributed by atoms with E-state index in [1.807, 2.05) is 24.3 Å². The average Bonchev–Trinajstić information content (AvgIpc) is 3.20. The number of hydrogen-bond donors (Lipinski definition) is 0. The minimum Gasteiger partial charge on any atom is -0.378 e. The lowest BCUT2D eigenvalue weighted by atomic mass is 9.89. The van der Waals surface area contributed by atoms with Crippen LogP contribution >= 0.6 is 0 Å². The van der Waals surface area contributed by atoms with Crippen LogP contribution in [0.4, 0.5) is 14.7 Å². The minimum atomic E-state index is -2.63. The lowest BCUT2D eigenvalue weighted by Crippen LogP contribution is -2.38. The van der Waals surface area contributed by atoms with Crippen molar-refractivity contribution in [1.82, 2.24) is 19.5 Å². The fourth-order valence-electron chi connectivity index (χ4n) is 4.48. The number of ether oxygens (including phenoxy) is 1. The van der Waals surface area contributed by atoms with Crippen molar-refractivity contribution >= 4 is 16.9 Å². The maximum atomic E-state index is 13.9. The van der Waals surface area contributed by atoms with Crippen molar-refractivity contribution in [2.75, 3.05) is 31.2 Å². The van der Waals surface area contributed by atoms with Crippen molar-refractivity contribution in [3.8, 4) is 5.95 Å². The number of nitrogens with zero attached hydrogens (tertiary/aromatic N) is 5. The van der Waals surface area contributed by atoms with E-state index in [9.17, 15) is 8.78 Å². The highest BCUT2D eigenvalue weighted by atomic mass is 19.3. The highest BCUT2D eigenvalue weighted by molar-refractivity contribution is 5.82. The molecule has 1 saturated heterocycles. The van der Waals surface area contributed by atoms with Gasteiger partial charge in [-0.3, -0.25) is 4.57 Å². The maximum Gasteiger partial charge on any atom is 0.278 e. The third-order valence-electron chi connectivity index (χ3n) is 6.06. The fourth-order valence-corrected chi connectivity index (χ4v) is 4.48. The molecule has 0 bridgehead atoms. The van der Waals surface area contributed by atoms with Gasteiger partial charge in [0, 0.05) is 24.4 Å². The first-order valence-electron chi connectivity index (χ1n) is 10.7. The Balaban J connectivity index is 1.67. The molecule has 2 aliphatic rings. The standard InChI is InChI=1S/C22H25F2N5O/c23-19(24)18-14-16-8-4-5-9-17(16)29(18)22-26-20(15-6-2-1-3-7-15)25-21(27-22)28-10-12-30-13-11-28/h4-5,8-9,14-15,19H,1-3,6-7,10-13H2. The molecule has 1 aliphatic heterocycles. The number of morpholine rings is 1. The average molecular weight is 413 g/mol. The minimum absolute atomic E-state index is 0.0927. The normalized spacial score (nSPS) is 18.4. The third kappa shape index (κ3) is 3.64. The molecule has 0 radical (unpaired) electrons. The van der Waals surface area contributed by atoms with Gasteiger partial charge in [-0.15, -0.1) is 0 Å². The summed E-state index contributed by atoms with van der Waals surface area (Å²) in [5.41, 5.74) is 0.589. The first-order valence-corrected chi connectivity index (χ1v) is 10.7. The molecular weight excluding hydrogens is 388 g/mol. The largest absolute Gasteiger partial charge is 0.378 e. The number of alkyl halides is 2. The predicted molar refractivity (Wildman–Crippen MR) is 110 cm³/mol. The van der Waals surface area contributed by atoms with E-state index >= 15 is 0 Å². The molecule has 6 nitrogen and oxygen atoms in total. The number of benzene rings is 1. The van der Waals surface area contributed by atoms with Crippen molar-refractivity contribution in [1.29, 1.82) is 0 Å². The number of fused-ring (bicyclic) bond motifs is 1. The molecule has 1 saturated carbocycles. The Hall–Kier alpha value is -2.61. The van der Waals surface area contributed by atoms with Crippen LogP contribution in [0.25, 0.3) is 16.9 Å². The van der Waals surface area contributed by atoms with E-state index in [4.69, 9.17) is 14.7 Å². The zero-order chi connectivity index (χ0) is 20.5. The van der Waals surface area contributed by atoms with E-state index in [1.165, 1.54) is 17.1 Å². The number of anilines is 1. The van der Waals surface area contributed by atoms with E-state index in [2.05, 4.69) is 9.88 Å². The van der Waals surface area contributed by atoms with Crippen molar-refractivity contribution in [3.05, 3.63) is 41.9 Å². The van der Waals surface area contributed by atoms with E-state index in [-0.39, 0.29) is 17.6 Å². The van der Waals surface area contributed by atoms with Gasteiger partial charge in [-0.1, -0.05) is 37.5 Å². The van der Waals surface area contributed by atoms with E-state index in [0.717, 1.165) is 36.9 Å². The van der Waals surface area contributed by atoms with Gasteiger partial charge in [-0.25, -0.2) is 8.78 Å². The second-order valence-electron chi connectivity index (χ2n) is 7.99. The fraction of sp³-hybridized carbons (Fsp3) is 0.500. The van der Waals surface area contributed by atoms with Crippen molar-refractivity contribution < 1.29 is 13.5 Å². The summed E-state index contributed by atoms with van der Waals surface area (Å²) >= 11 is 0. The summed E-state index contributed by atoms with van der Waals surface area (Å²) in [4.78, 5) is 16.3. The molecule has 0 N–H and O–H groups in total. The molecule has 0 unspecified atom stereocenters. The van der Waals surface area contributed by atoms with E-state index in [0.29, 0.717) is 37.8 Å². The Morgan fingerprint density at radius 3 is 2.43 bits per heavy atom. The molecule has 3 heterocycles. The first kappa shape index (κ1) is 19.4. The molecule has 0 amide bonds. The molecule has 2 fully saturated rings. The number of para-hydroxylation sites is 1. The Morgan fingerprint density at radius 2 is 1.67 bits per heavy atom. The second kappa shape index (κ2) is 8.26. The number of hydrogen-bond acceptors (Lipinski definition) is 5. The summed E-state index contributed by atoms with van der Waals surface area (Å²) in [5, 5.41) is 0.750. The maximum absolute atomic E-state index is 13.9. The second-order valence-corrected chi connectivity index (χ2v) is 7.99. The van der Waals surface area contributed by atoms with Crippen LogP contribution in [0.5, 0.6) is 0 Å². The Bertz CT molecular complexity index is 989. The molecule has 5 rings (SSSR count). The molecule has 0 spiro atoms. The van der Waals surface area contributed by atoms with Gasteiger partial charge in [0.1, 0.15) is 5.82 Å². The van der Waals surface area contributed by atoms with Gasteiger partial charge >= 0.3 is 0 Å². The molecule has 30 heavy (non-hydrogen) atoms. The molecular formula is C22H25F2N5O. The Labute approximate surface area is 173 Å². The quantitative estimate of drug-likeness (QED) is 0.624. The van der Waals surface area contributed by atoms with Crippen LogP contribution in [0.3, 0.4) is 0 Å². The lowest BCUT2D eigenvalue weighted by molar-refractivity contribution is 0.122. The van der Waals surface area contributed by atoms with Crippen molar-refractivity contribution in [2.24, 2.45) is 0 Å². The van der Waals surface area contributed by atoms with Gasteiger partial charge in [0.15, 0.2) is 0 Å². The number of aromatic nitrogens is 4. The lowest BCUT2D eigenvalue weighted by Gasteiger charge is -2.28. The molecule has 2 aromatic heterocycles. The van der Waals surface area contributed by atoms with Gasteiger partial charge in [0.2, 0.25) is 11.9 Å². The highest BCUT2D eigenvalue weighted by Gasteiger charge is 2.26. The predicted octanol–water partition coefficient (Wildman–Crippen LogP) is 4.64. The molecule has 1 aliphatic carbocycles. The van der Waals surface area contributed by atoms with Gasteiger partial charge in [0.25, 0.3) is 6.43 Å². The van der Waals surface area contributed by atoms with Gasteiger partial charge in [-0.05, 0) is 25.0 Å². The van der Waals surface area contributed by atoms with Crippen LogP contribution in [-0.2, 0) is 4.74 Å². The van der Waals surface area contributed by atoms with Crippen molar-refractivity contribution in [3.63, 3.8) is 0 Å². The zero-order valence-electron chi connectivity index (χ0n) is 16.8. The Kier molecular flexibility index (Phi) is 5.33. The SMILES string of the molecule is FC(F)c1cc2ccccc2n1-c1nc(C2CCCCC2)nc(N2CCOCC2)n1. The monoisotopic (exact) mass is 413 g/mol. The summed E-state index contributed by atoms with van der Waals surface area (Å²) < 4.78 is 34.8. The zero-order valence-corrected chi connectivity index (χ0v) is 16.8. The summed E-state index contributed by atoms with van der Waals surface area (Å²) in [5.74, 6) is 1.81. The van der Waals surface area contributed by atoms with Gasteiger partial charge < -0.3 is 9.64 Å². The summed E-state index contributed by atoms with van der Waals surface area (Å²) in [7, 11) is 0. The van der Waals surface area contributed by atoms with Crippen molar-refractivity contribution in [2.45, 2.75) is 44.4 Å². The van der Waals surface area contributed by atoms with Crippen LogP contribution in [0.2, 0.25) is 0 Å². The smallest absolute Gasteiger partial charge is 0.278 e. The van der Waals surface area contributed by atoms with Crippen LogP contribution in [0.15, 0.2) is 30.3 Å². The van der Waals surface area contributed by atoms with Crippen LogP contribution in [0, 0.1) is 0 Å². The first-order chi connectivity index (χ1) is 14.7. The number of halogens is 2. The van der Waals surface area contributed by atoms with Gasteiger partial charge in [-0.2, -0.15) is 15.0 Å². The number of rotatable bonds is 4. The molecule has 1 aromatic carbocycles. The third-order valence-corrected chi connectivity index (χ3v) is 6.06.